The number of hydrogen-bond acceptors (Lipinski definition) is 4. The average molecular weight is 258 g/mol. The Kier molecular flexibility index (Phi) is 7.64. The molecule has 4 nitrogen and oxygen atoms in total. The van der Waals surface area contributed by atoms with Crippen LogP contribution < -0.4 is 0 Å². The largest absolute Gasteiger partial charge is 0.469 e. The second-order valence-electron chi connectivity index (χ2n) is 4.47. The first-order valence-electron chi connectivity index (χ1n) is 6.76. The van der Waals surface area contributed by atoms with Gasteiger partial charge in [0.2, 0.25) is 0 Å². The molecule has 0 radical (unpaired) electrons. The van der Waals surface area contributed by atoms with Crippen molar-refractivity contribution in [2.45, 2.75) is 53.4 Å². The van der Waals surface area contributed by atoms with E-state index in [1.54, 1.807) is 6.92 Å². The summed E-state index contributed by atoms with van der Waals surface area (Å²) in [5, 5.41) is 0. The molecule has 0 saturated heterocycles. The topological polar surface area (TPSA) is 52.6 Å². The van der Waals surface area contributed by atoms with Crippen LogP contribution in [0.2, 0.25) is 0 Å². The number of ether oxygens (including phenoxy) is 2. The molecule has 0 amide bonds. The molecule has 0 aliphatic heterocycles. The number of esters is 2. The summed E-state index contributed by atoms with van der Waals surface area (Å²) < 4.78 is 9.91. The molecular formula is C14H26O4. The lowest BCUT2D eigenvalue weighted by Gasteiger charge is -2.36. The first-order chi connectivity index (χ1) is 8.52. The molecule has 0 aromatic heterocycles. The van der Waals surface area contributed by atoms with E-state index in [9.17, 15) is 9.59 Å². The second kappa shape index (κ2) is 8.11. The van der Waals surface area contributed by atoms with Crippen molar-refractivity contribution >= 4 is 11.9 Å². The lowest BCUT2D eigenvalue weighted by atomic mass is 9.68. The van der Waals surface area contributed by atoms with Gasteiger partial charge in [-0.05, 0) is 25.7 Å². The van der Waals surface area contributed by atoms with Crippen molar-refractivity contribution in [1.82, 2.24) is 0 Å². The molecule has 0 saturated carbocycles. The number of rotatable bonds is 8. The quantitative estimate of drug-likeness (QED) is 0.628. The highest BCUT2D eigenvalue weighted by molar-refractivity contribution is 5.78. The van der Waals surface area contributed by atoms with Crippen LogP contribution >= 0.6 is 0 Å². The van der Waals surface area contributed by atoms with Crippen molar-refractivity contribution in [1.29, 1.82) is 0 Å². The summed E-state index contributed by atoms with van der Waals surface area (Å²) in [7, 11) is 1.40. The maximum Gasteiger partial charge on any atom is 0.312 e. The van der Waals surface area contributed by atoms with Crippen LogP contribution in [0.25, 0.3) is 0 Å². The number of carbonyl (C=O) groups is 2. The Balaban J connectivity index is 5.04. The van der Waals surface area contributed by atoms with Crippen LogP contribution in [0, 0.1) is 11.3 Å². The van der Waals surface area contributed by atoms with Gasteiger partial charge in [-0.2, -0.15) is 0 Å². The molecule has 1 atom stereocenters. The fourth-order valence-corrected chi connectivity index (χ4v) is 2.64. The van der Waals surface area contributed by atoms with E-state index in [4.69, 9.17) is 9.47 Å². The zero-order valence-corrected chi connectivity index (χ0v) is 12.2. The summed E-state index contributed by atoms with van der Waals surface area (Å²) in [4.78, 5) is 23.7. The van der Waals surface area contributed by atoms with Crippen molar-refractivity contribution < 1.29 is 19.1 Å². The molecule has 0 heterocycles. The fraction of sp³-hybridized carbons (Fsp3) is 0.857. The summed E-state index contributed by atoms with van der Waals surface area (Å²) in [5.74, 6) is -0.484. The molecule has 0 fully saturated rings. The van der Waals surface area contributed by atoms with Gasteiger partial charge in [0.1, 0.15) is 0 Å². The van der Waals surface area contributed by atoms with Gasteiger partial charge in [-0.1, -0.05) is 27.2 Å². The van der Waals surface area contributed by atoms with Gasteiger partial charge < -0.3 is 9.47 Å². The minimum atomic E-state index is -0.573. The Bertz CT molecular complexity index is 269. The van der Waals surface area contributed by atoms with E-state index in [0.717, 1.165) is 6.42 Å². The van der Waals surface area contributed by atoms with Crippen LogP contribution in [0.4, 0.5) is 0 Å². The van der Waals surface area contributed by atoms with E-state index >= 15 is 0 Å². The van der Waals surface area contributed by atoms with Gasteiger partial charge in [0, 0.05) is 6.42 Å². The summed E-state index contributed by atoms with van der Waals surface area (Å²) in [6.07, 6.45) is 2.39. The van der Waals surface area contributed by atoms with E-state index < -0.39 is 5.41 Å². The Hall–Kier alpha value is -1.06. The van der Waals surface area contributed by atoms with Gasteiger partial charge in [0.15, 0.2) is 0 Å². The molecule has 0 aromatic carbocycles. The molecule has 0 aliphatic rings. The van der Waals surface area contributed by atoms with Gasteiger partial charge in [-0.3, -0.25) is 9.59 Å². The van der Waals surface area contributed by atoms with Crippen LogP contribution in [0.1, 0.15) is 53.4 Å². The van der Waals surface area contributed by atoms with E-state index in [1.807, 2.05) is 20.8 Å². The predicted molar refractivity (Wildman–Crippen MR) is 70.1 cm³/mol. The molecule has 4 heteroatoms. The average Bonchev–Trinajstić information content (AvgIpc) is 2.39. The minimum Gasteiger partial charge on any atom is -0.469 e. The molecule has 0 aliphatic carbocycles. The van der Waals surface area contributed by atoms with Gasteiger partial charge in [0.05, 0.1) is 19.1 Å². The van der Waals surface area contributed by atoms with E-state index in [1.165, 1.54) is 7.11 Å². The molecule has 0 N–H and O–H groups in total. The van der Waals surface area contributed by atoms with E-state index in [-0.39, 0.29) is 24.3 Å². The zero-order valence-electron chi connectivity index (χ0n) is 12.2. The zero-order chi connectivity index (χ0) is 14.2. The highest BCUT2D eigenvalue weighted by atomic mass is 16.5. The van der Waals surface area contributed by atoms with E-state index in [2.05, 4.69) is 0 Å². The summed E-state index contributed by atoms with van der Waals surface area (Å²) >= 11 is 0. The Morgan fingerprint density at radius 3 is 2.00 bits per heavy atom. The van der Waals surface area contributed by atoms with Crippen molar-refractivity contribution in [3.8, 4) is 0 Å². The molecule has 0 spiro atoms. The molecule has 106 valence electrons. The molecule has 1 unspecified atom stereocenters. The Morgan fingerprint density at radius 1 is 1.11 bits per heavy atom. The SMILES string of the molecule is CCOC(=O)CC(CC)C(CC)(CC)C(=O)OC. The highest BCUT2D eigenvalue weighted by Gasteiger charge is 2.43. The molecule has 18 heavy (non-hydrogen) atoms. The number of carbonyl (C=O) groups excluding carboxylic acids is 2. The van der Waals surface area contributed by atoms with Gasteiger partial charge in [-0.25, -0.2) is 0 Å². The minimum absolute atomic E-state index is 0.0287. The molecular weight excluding hydrogens is 232 g/mol. The van der Waals surface area contributed by atoms with Crippen molar-refractivity contribution in [3.05, 3.63) is 0 Å². The first kappa shape index (κ1) is 16.9. The highest BCUT2D eigenvalue weighted by Crippen LogP contribution is 2.40. The maximum atomic E-state index is 12.1. The smallest absolute Gasteiger partial charge is 0.312 e. The summed E-state index contributed by atoms with van der Waals surface area (Å²) in [6.45, 7) is 8.08. The summed E-state index contributed by atoms with van der Waals surface area (Å²) in [6, 6.07) is 0. The summed E-state index contributed by atoms with van der Waals surface area (Å²) in [5.41, 5.74) is -0.573. The van der Waals surface area contributed by atoms with Gasteiger partial charge in [-0.15, -0.1) is 0 Å². The van der Waals surface area contributed by atoms with E-state index in [0.29, 0.717) is 19.4 Å². The third-order valence-corrected chi connectivity index (χ3v) is 3.85. The van der Waals surface area contributed by atoms with Crippen LogP contribution in [0.5, 0.6) is 0 Å². The van der Waals surface area contributed by atoms with Crippen molar-refractivity contribution in [2.75, 3.05) is 13.7 Å². The van der Waals surface area contributed by atoms with Gasteiger partial charge >= 0.3 is 11.9 Å². The van der Waals surface area contributed by atoms with Crippen molar-refractivity contribution in [3.63, 3.8) is 0 Å². The maximum absolute atomic E-state index is 12.1. The van der Waals surface area contributed by atoms with Crippen LogP contribution in [-0.2, 0) is 19.1 Å². The van der Waals surface area contributed by atoms with Crippen molar-refractivity contribution in [2.24, 2.45) is 11.3 Å². The number of methoxy groups -OCH3 is 1. The first-order valence-corrected chi connectivity index (χ1v) is 6.76. The monoisotopic (exact) mass is 258 g/mol. The van der Waals surface area contributed by atoms with Crippen LogP contribution in [-0.4, -0.2) is 25.7 Å². The second-order valence-corrected chi connectivity index (χ2v) is 4.47. The van der Waals surface area contributed by atoms with Crippen LogP contribution in [0.3, 0.4) is 0 Å². The number of hydrogen-bond donors (Lipinski definition) is 0. The van der Waals surface area contributed by atoms with Gasteiger partial charge in [0.25, 0.3) is 0 Å². The Labute approximate surface area is 110 Å². The molecule has 0 aromatic rings. The molecule has 0 bridgehead atoms. The predicted octanol–water partition coefficient (Wildman–Crippen LogP) is 2.95. The third-order valence-electron chi connectivity index (χ3n) is 3.85. The lowest BCUT2D eigenvalue weighted by Crippen LogP contribution is -2.39. The molecule has 0 rings (SSSR count). The standard InChI is InChI=1S/C14H26O4/c1-6-11(10-12(15)18-9-4)14(7-2,8-3)13(16)17-5/h11H,6-10H2,1-5H3. The fourth-order valence-electron chi connectivity index (χ4n) is 2.64. The lowest BCUT2D eigenvalue weighted by molar-refractivity contribution is -0.160. The third kappa shape index (κ3) is 3.72. The Morgan fingerprint density at radius 2 is 1.67 bits per heavy atom. The van der Waals surface area contributed by atoms with Crippen LogP contribution in [0.15, 0.2) is 0 Å². The normalized spacial score (nSPS) is 12.9.